The van der Waals surface area contributed by atoms with Crippen LogP contribution in [0.4, 0.5) is 4.39 Å². The largest absolute Gasteiger partial charge is 0.493 e. The Morgan fingerprint density at radius 2 is 1.70 bits per heavy atom. The van der Waals surface area contributed by atoms with Crippen LogP contribution in [0.3, 0.4) is 0 Å². The molecule has 0 aliphatic carbocycles. The summed E-state index contributed by atoms with van der Waals surface area (Å²) in [6.45, 7) is 0.863. The fourth-order valence-electron chi connectivity index (χ4n) is 2.22. The van der Waals surface area contributed by atoms with E-state index >= 15 is 0 Å². The van der Waals surface area contributed by atoms with E-state index < -0.39 is 16.0 Å². The third-order valence-electron chi connectivity index (χ3n) is 3.57. The van der Waals surface area contributed by atoms with Crippen molar-refractivity contribution in [2.45, 2.75) is 12.8 Å². The van der Waals surface area contributed by atoms with Gasteiger partial charge in [-0.2, -0.15) is 0 Å². The van der Waals surface area contributed by atoms with Gasteiger partial charge in [-0.25, -0.2) is 22.3 Å². The minimum Gasteiger partial charge on any atom is -0.493 e. The average Bonchev–Trinajstić information content (AvgIpc) is 2.62. The molecule has 8 heteroatoms. The molecule has 146 valence electrons. The molecule has 0 aliphatic heterocycles. The van der Waals surface area contributed by atoms with E-state index in [0.717, 1.165) is 11.8 Å². The van der Waals surface area contributed by atoms with Crippen molar-refractivity contribution in [1.82, 2.24) is 4.72 Å². The van der Waals surface area contributed by atoms with Crippen LogP contribution < -0.4 is 9.46 Å². The Morgan fingerprint density at radius 3 is 2.33 bits per heavy atom. The maximum absolute atomic E-state index is 12.8. The first-order valence-corrected chi connectivity index (χ1v) is 10.3. The molecule has 2 aromatic carbocycles. The van der Waals surface area contributed by atoms with Crippen molar-refractivity contribution in [3.05, 3.63) is 65.5 Å². The molecule has 2 rings (SSSR count). The number of nitrogens with one attached hydrogen (secondary N) is 1. The van der Waals surface area contributed by atoms with E-state index in [1.807, 2.05) is 0 Å². The topological polar surface area (TPSA) is 81.7 Å². The molecule has 0 bridgehead atoms. The Balaban J connectivity index is 1.67. The predicted molar refractivity (Wildman–Crippen MR) is 99.8 cm³/mol. The van der Waals surface area contributed by atoms with Crippen LogP contribution in [0, 0.1) is 5.82 Å². The maximum Gasteiger partial charge on any atom is 0.338 e. The van der Waals surface area contributed by atoms with Gasteiger partial charge in [0, 0.05) is 13.0 Å². The molecule has 2 aromatic rings. The van der Waals surface area contributed by atoms with Gasteiger partial charge in [0.05, 0.1) is 25.0 Å². The third kappa shape index (κ3) is 8.19. The second-order valence-corrected chi connectivity index (χ2v) is 7.74. The van der Waals surface area contributed by atoms with E-state index in [4.69, 9.17) is 9.47 Å². The first kappa shape index (κ1) is 20.9. The zero-order chi connectivity index (χ0) is 19.7. The van der Waals surface area contributed by atoms with Crippen molar-refractivity contribution in [3.8, 4) is 5.75 Å². The average molecular weight is 395 g/mol. The van der Waals surface area contributed by atoms with Gasteiger partial charge in [-0.1, -0.05) is 12.1 Å². The molecule has 0 atom stereocenters. The first-order chi connectivity index (χ1) is 12.8. The highest BCUT2D eigenvalue weighted by molar-refractivity contribution is 7.88. The summed E-state index contributed by atoms with van der Waals surface area (Å²) in [4.78, 5) is 12.0. The zero-order valence-corrected chi connectivity index (χ0v) is 15.8. The molecule has 0 radical (unpaired) electrons. The number of rotatable bonds is 10. The van der Waals surface area contributed by atoms with Gasteiger partial charge in [0.1, 0.15) is 11.6 Å². The molecule has 0 spiro atoms. The lowest BCUT2D eigenvalue weighted by atomic mass is 10.1. The smallest absolute Gasteiger partial charge is 0.338 e. The Morgan fingerprint density at radius 1 is 1.04 bits per heavy atom. The lowest BCUT2D eigenvalue weighted by molar-refractivity contribution is 0.0486. The molecule has 0 saturated heterocycles. The predicted octanol–water partition coefficient (Wildman–Crippen LogP) is 2.54. The number of hydrogen-bond donors (Lipinski definition) is 1. The van der Waals surface area contributed by atoms with Crippen LogP contribution in [0.25, 0.3) is 0 Å². The van der Waals surface area contributed by atoms with Crippen LogP contribution in [0.1, 0.15) is 22.3 Å². The Labute approximate surface area is 158 Å². The van der Waals surface area contributed by atoms with Gasteiger partial charge in [-0.15, -0.1) is 0 Å². The van der Waals surface area contributed by atoms with E-state index in [2.05, 4.69) is 4.72 Å². The summed E-state index contributed by atoms with van der Waals surface area (Å²) in [5.41, 5.74) is 1.34. The van der Waals surface area contributed by atoms with E-state index in [-0.39, 0.29) is 12.4 Å². The van der Waals surface area contributed by atoms with Gasteiger partial charge >= 0.3 is 5.97 Å². The quantitative estimate of drug-likeness (QED) is 0.494. The fourth-order valence-corrected chi connectivity index (χ4v) is 2.69. The van der Waals surface area contributed by atoms with Gasteiger partial charge in [0.2, 0.25) is 10.0 Å². The molecule has 27 heavy (non-hydrogen) atoms. The van der Waals surface area contributed by atoms with Crippen LogP contribution in [0.2, 0.25) is 0 Å². The molecule has 0 unspecified atom stereocenters. The molecule has 0 amide bonds. The second-order valence-electron chi connectivity index (χ2n) is 5.91. The summed E-state index contributed by atoms with van der Waals surface area (Å²) in [6.07, 6.45) is 2.15. The van der Waals surface area contributed by atoms with Gasteiger partial charge in [-0.05, 0) is 48.4 Å². The van der Waals surface area contributed by atoms with E-state index in [0.29, 0.717) is 37.3 Å². The third-order valence-corrected chi connectivity index (χ3v) is 4.30. The van der Waals surface area contributed by atoms with E-state index in [1.165, 1.54) is 24.3 Å². The number of halogens is 1. The van der Waals surface area contributed by atoms with Gasteiger partial charge in [-0.3, -0.25) is 0 Å². The molecule has 6 nitrogen and oxygen atoms in total. The summed E-state index contributed by atoms with van der Waals surface area (Å²) < 4.78 is 47.8. The monoisotopic (exact) mass is 395 g/mol. The lowest BCUT2D eigenvalue weighted by Crippen LogP contribution is -2.24. The van der Waals surface area contributed by atoms with Crippen molar-refractivity contribution in [2.24, 2.45) is 0 Å². The van der Waals surface area contributed by atoms with E-state index in [1.54, 1.807) is 24.3 Å². The van der Waals surface area contributed by atoms with Gasteiger partial charge in [0.15, 0.2) is 0 Å². The maximum atomic E-state index is 12.8. The summed E-state index contributed by atoms with van der Waals surface area (Å²) in [6, 6.07) is 12.5. The van der Waals surface area contributed by atoms with Crippen molar-refractivity contribution in [1.29, 1.82) is 0 Å². The zero-order valence-electron chi connectivity index (χ0n) is 15.0. The Kier molecular flexibility index (Phi) is 7.75. The van der Waals surface area contributed by atoms with Crippen molar-refractivity contribution < 1.29 is 27.1 Å². The molecule has 0 fully saturated rings. The summed E-state index contributed by atoms with van der Waals surface area (Å²) in [7, 11) is -3.20. The molecule has 0 saturated carbocycles. The van der Waals surface area contributed by atoms with Crippen molar-refractivity contribution in [3.63, 3.8) is 0 Å². The minimum atomic E-state index is -3.20. The first-order valence-electron chi connectivity index (χ1n) is 8.42. The van der Waals surface area contributed by atoms with Crippen LogP contribution in [0.5, 0.6) is 5.75 Å². The number of esters is 1. The highest BCUT2D eigenvalue weighted by atomic mass is 32.2. The lowest BCUT2D eigenvalue weighted by Gasteiger charge is -2.08. The van der Waals surface area contributed by atoms with E-state index in [9.17, 15) is 17.6 Å². The van der Waals surface area contributed by atoms with Crippen LogP contribution in [0.15, 0.2) is 48.5 Å². The van der Waals surface area contributed by atoms with Crippen LogP contribution in [-0.2, 0) is 21.2 Å². The normalized spacial score (nSPS) is 11.2. The second kappa shape index (κ2) is 10.0. The number of ether oxygens (including phenoxy) is 2. The van der Waals surface area contributed by atoms with Gasteiger partial charge < -0.3 is 9.47 Å². The molecule has 1 N–H and O–H groups in total. The van der Waals surface area contributed by atoms with Crippen LogP contribution >= 0.6 is 0 Å². The molecular weight excluding hydrogens is 373 g/mol. The SMILES string of the molecule is CS(=O)(=O)NCCc1ccc(C(=O)OCCCOc2ccc(F)cc2)cc1. The van der Waals surface area contributed by atoms with Crippen molar-refractivity contribution in [2.75, 3.05) is 26.0 Å². The molecule has 0 aromatic heterocycles. The summed E-state index contributed by atoms with van der Waals surface area (Å²) in [5, 5.41) is 0. The number of hydrogen-bond acceptors (Lipinski definition) is 5. The number of carbonyl (C=O) groups is 1. The highest BCUT2D eigenvalue weighted by Gasteiger charge is 2.07. The standard InChI is InChI=1S/C19H22FNO5S/c1-27(23,24)21-12-11-15-3-5-16(6-4-15)19(22)26-14-2-13-25-18-9-7-17(20)8-10-18/h3-10,21H,2,11-14H2,1H3. The highest BCUT2D eigenvalue weighted by Crippen LogP contribution is 2.11. The number of carbonyl (C=O) groups excluding carboxylic acids is 1. The van der Waals surface area contributed by atoms with Gasteiger partial charge in [0.25, 0.3) is 0 Å². The van der Waals surface area contributed by atoms with Crippen molar-refractivity contribution >= 4 is 16.0 Å². The number of benzene rings is 2. The molecular formula is C19H22FNO5S. The molecule has 0 aliphatic rings. The van der Waals surface area contributed by atoms with Crippen LogP contribution in [-0.4, -0.2) is 40.4 Å². The number of sulfonamides is 1. The summed E-state index contributed by atoms with van der Waals surface area (Å²) >= 11 is 0. The Hall–Kier alpha value is -2.45. The summed E-state index contributed by atoms with van der Waals surface area (Å²) in [5.74, 6) is -0.199. The molecule has 0 heterocycles. The minimum absolute atomic E-state index is 0.208. The Bertz CT molecular complexity index is 835. The fraction of sp³-hybridized carbons (Fsp3) is 0.316.